The van der Waals surface area contributed by atoms with Gasteiger partial charge in [0, 0.05) is 13.1 Å². The molecular weight excluding hydrogens is 262 g/mol. The molecule has 1 saturated heterocycles. The van der Waals surface area contributed by atoms with Crippen molar-refractivity contribution in [2.45, 2.75) is 13.0 Å². The van der Waals surface area contributed by atoms with Gasteiger partial charge < -0.3 is 5.11 Å². The van der Waals surface area contributed by atoms with Gasteiger partial charge in [-0.1, -0.05) is 54.6 Å². The van der Waals surface area contributed by atoms with Crippen molar-refractivity contribution in [1.82, 2.24) is 4.90 Å². The van der Waals surface area contributed by atoms with E-state index in [9.17, 15) is 4.79 Å². The number of hydrogen-bond acceptors (Lipinski definition) is 2. The maximum atomic E-state index is 10.8. The van der Waals surface area contributed by atoms with Gasteiger partial charge in [-0.3, -0.25) is 9.69 Å². The van der Waals surface area contributed by atoms with E-state index in [0.29, 0.717) is 6.54 Å². The Labute approximate surface area is 125 Å². The lowest BCUT2D eigenvalue weighted by atomic mass is 10.1. The fourth-order valence-electron chi connectivity index (χ4n) is 2.32. The first kappa shape index (κ1) is 15.1. The normalized spacial score (nSPS) is 17.4. The van der Waals surface area contributed by atoms with Gasteiger partial charge in [0.1, 0.15) is 0 Å². The van der Waals surface area contributed by atoms with Crippen LogP contribution in [0.1, 0.15) is 12.0 Å². The molecule has 1 fully saturated rings. The van der Waals surface area contributed by atoms with Crippen LogP contribution in [0, 0.1) is 18.1 Å². The molecule has 0 amide bonds. The molecular formula is C18H19NO2. The van der Waals surface area contributed by atoms with Crippen LogP contribution in [0.3, 0.4) is 0 Å². The average molecular weight is 281 g/mol. The summed E-state index contributed by atoms with van der Waals surface area (Å²) in [5.41, 5.74) is 1.25. The second kappa shape index (κ2) is 8.08. The van der Waals surface area contributed by atoms with Gasteiger partial charge in [-0.25, -0.2) is 0 Å². The van der Waals surface area contributed by atoms with E-state index in [2.05, 4.69) is 29.2 Å². The Hall–Kier alpha value is -2.31. The molecule has 1 aliphatic heterocycles. The van der Waals surface area contributed by atoms with E-state index in [1.165, 1.54) is 5.56 Å². The zero-order chi connectivity index (χ0) is 14.9. The molecule has 1 aliphatic rings. The molecule has 3 nitrogen and oxygen atoms in total. The summed E-state index contributed by atoms with van der Waals surface area (Å²) in [5, 5.41) is 8.87. The van der Waals surface area contributed by atoms with Gasteiger partial charge in [0.2, 0.25) is 0 Å². The van der Waals surface area contributed by atoms with Crippen molar-refractivity contribution in [1.29, 1.82) is 0 Å². The lowest BCUT2D eigenvalue weighted by molar-refractivity contribution is -0.141. The van der Waals surface area contributed by atoms with Crippen LogP contribution >= 0.6 is 0 Å². The second-order valence-corrected chi connectivity index (χ2v) is 5.05. The van der Waals surface area contributed by atoms with E-state index in [-0.39, 0.29) is 5.92 Å². The van der Waals surface area contributed by atoms with E-state index in [1.807, 2.05) is 42.5 Å². The van der Waals surface area contributed by atoms with Crippen LogP contribution in [0.5, 0.6) is 0 Å². The molecule has 0 radical (unpaired) electrons. The molecule has 0 spiro atoms. The summed E-state index contributed by atoms with van der Waals surface area (Å²) in [6, 6.07) is 23.2. The van der Waals surface area contributed by atoms with Crippen LogP contribution in [0.15, 0.2) is 54.6 Å². The predicted octanol–water partition coefficient (Wildman–Crippen LogP) is 2.88. The van der Waals surface area contributed by atoms with Gasteiger partial charge in [-0.15, -0.1) is 0 Å². The zero-order valence-electron chi connectivity index (χ0n) is 11.9. The van der Waals surface area contributed by atoms with Crippen molar-refractivity contribution in [3.8, 4) is 0 Å². The standard InChI is InChI=1S/C12H15NO2.C6H4/c14-12(15)11-6-7-13(9-11)8-10-4-2-1-3-5-10;1-2-4-6-5-3-1/h1-5,11H,6-9H2,(H,14,15);1-4H. The van der Waals surface area contributed by atoms with E-state index in [1.54, 1.807) is 0 Å². The molecule has 1 atom stereocenters. The molecule has 0 bridgehead atoms. The van der Waals surface area contributed by atoms with Crippen LogP contribution in [-0.2, 0) is 11.3 Å². The number of aliphatic carboxylic acids is 1. The van der Waals surface area contributed by atoms with Gasteiger partial charge in [0.25, 0.3) is 0 Å². The third-order valence-electron chi connectivity index (χ3n) is 3.42. The summed E-state index contributed by atoms with van der Waals surface area (Å²) < 4.78 is 0. The highest BCUT2D eigenvalue weighted by atomic mass is 16.4. The monoisotopic (exact) mass is 281 g/mol. The number of carbonyl (C=O) groups is 1. The molecule has 108 valence electrons. The molecule has 2 aromatic rings. The first-order valence-electron chi connectivity index (χ1n) is 7.07. The first-order valence-corrected chi connectivity index (χ1v) is 7.07. The van der Waals surface area contributed by atoms with Crippen LogP contribution in [0.25, 0.3) is 0 Å². The topological polar surface area (TPSA) is 40.5 Å². The van der Waals surface area contributed by atoms with Crippen molar-refractivity contribution in [3.63, 3.8) is 0 Å². The Morgan fingerprint density at radius 2 is 1.81 bits per heavy atom. The van der Waals surface area contributed by atoms with Gasteiger partial charge >= 0.3 is 5.97 Å². The van der Waals surface area contributed by atoms with E-state index >= 15 is 0 Å². The van der Waals surface area contributed by atoms with Crippen LogP contribution in [-0.4, -0.2) is 29.1 Å². The number of rotatable bonds is 3. The number of carboxylic acid groups (broad SMARTS) is 1. The summed E-state index contributed by atoms with van der Waals surface area (Å²) in [7, 11) is 0. The minimum atomic E-state index is -0.662. The van der Waals surface area contributed by atoms with E-state index in [0.717, 1.165) is 19.5 Å². The van der Waals surface area contributed by atoms with E-state index in [4.69, 9.17) is 5.11 Å². The molecule has 1 unspecified atom stereocenters. The minimum absolute atomic E-state index is 0.172. The van der Waals surface area contributed by atoms with Crippen molar-refractivity contribution < 1.29 is 9.90 Å². The largest absolute Gasteiger partial charge is 0.481 e. The Bertz CT molecular complexity index is 501. The quantitative estimate of drug-likeness (QED) is 0.940. The number of benzene rings is 1. The van der Waals surface area contributed by atoms with Crippen molar-refractivity contribution in [2.75, 3.05) is 13.1 Å². The predicted molar refractivity (Wildman–Crippen MR) is 81.6 cm³/mol. The average Bonchev–Trinajstić information content (AvgIpc) is 2.99. The van der Waals surface area contributed by atoms with E-state index < -0.39 is 5.97 Å². The SMILES string of the molecule is O=C(O)C1CCN(Cc2ccccc2)C1.c1ccccc#1. The van der Waals surface area contributed by atoms with Gasteiger partial charge in [-0.2, -0.15) is 0 Å². The summed E-state index contributed by atoms with van der Waals surface area (Å²) in [4.78, 5) is 13.0. The maximum absolute atomic E-state index is 10.8. The van der Waals surface area contributed by atoms with Crippen LogP contribution in [0.2, 0.25) is 0 Å². The molecule has 0 aliphatic carbocycles. The summed E-state index contributed by atoms with van der Waals surface area (Å²) >= 11 is 0. The molecule has 2 aromatic carbocycles. The summed E-state index contributed by atoms with van der Waals surface area (Å²) in [5.74, 6) is -0.834. The smallest absolute Gasteiger partial charge is 0.307 e. The number of hydrogen-bond donors (Lipinski definition) is 1. The molecule has 3 rings (SSSR count). The van der Waals surface area contributed by atoms with Crippen LogP contribution < -0.4 is 0 Å². The lowest BCUT2D eigenvalue weighted by Gasteiger charge is -2.14. The zero-order valence-corrected chi connectivity index (χ0v) is 11.9. The maximum Gasteiger partial charge on any atom is 0.307 e. The highest BCUT2D eigenvalue weighted by Crippen LogP contribution is 2.18. The Balaban J connectivity index is 0.000000225. The fraction of sp³-hybridized carbons (Fsp3) is 0.278. The van der Waals surface area contributed by atoms with Crippen molar-refractivity contribution in [2.24, 2.45) is 5.92 Å². The lowest BCUT2D eigenvalue weighted by Crippen LogP contribution is -2.22. The summed E-state index contributed by atoms with van der Waals surface area (Å²) in [6.45, 7) is 2.45. The molecule has 1 heterocycles. The highest BCUT2D eigenvalue weighted by molar-refractivity contribution is 5.70. The molecule has 0 aromatic heterocycles. The third-order valence-corrected chi connectivity index (χ3v) is 3.42. The number of likely N-dealkylation sites (tertiary alicyclic amines) is 1. The Morgan fingerprint density at radius 1 is 1.14 bits per heavy atom. The number of carboxylic acids is 1. The Morgan fingerprint density at radius 3 is 2.29 bits per heavy atom. The highest BCUT2D eigenvalue weighted by Gasteiger charge is 2.27. The second-order valence-electron chi connectivity index (χ2n) is 5.05. The van der Waals surface area contributed by atoms with Crippen molar-refractivity contribution >= 4 is 5.97 Å². The minimum Gasteiger partial charge on any atom is -0.481 e. The molecule has 3 heteroatoms. The molecule has 21 heavy (non-hydrogen) atoms. The number of nitrogens with zero attached hydrogens (tertiary/aromatic N) is 1. The fourth-order valence-corrected chi connectivity index (χ4v) is 2.32. The molecule has 1 N–H and O–H groups in total. The first-order chi connectivity index (χ1) is 10.3. The van der Waals surface area contributed by atoms with Gasteiger partial charge in [-0.05, 0) is 30.7 Å². The Kier molecular flexibility index (Phi) is 5.81. The molecule has 0 saturated carbocycles. The van der Waals surface area contributed by atoms with Crippen LogP contribution in [0.4, 0.5) is 0 Å². The van der Waals surface area contributed by atoms with Crippen molar-refractivity contribution in [3.05, 3.63) is 72.3 Å². The third kappa shape index (κ3) is 5.29. The van der Waals surface area contributed by atoms with Gasteiger partial charge in [0.05, 0.1) is 5.92 Å². The summed E-state index contributed by atoms with van der Waals surface area (Å²) in [6.07, 6.45) is 0.780. The van der Waals surface area contributed by atoms with Gasteiger partial charge in [0.15, 0.2) is 0 Å².